The van der Waals surface area contributed by atoms with Crippen LogP contribution in [0.15, 0.2) is 12.3 Å². The van der Waals surface area contributed by atoms with Gasteiger partial charge in [-0.05, 0) is 26.2 Å². The van der Waals surface area contributed by atoms with E-state index in [9.17, 15) is 23.5 Å². The maximum atomic E-state index is 12.6. The van der Waals surface area contributed by atoms with Crippen molar-refractivity contribution >= 4 is 29.2 Å². The van der Waals surface area contributed by atoms with E-state index in [0.717, 1.165) is 20.5 Å². The molecule has 2 aromatic heterocycles. The molecule has 1 fully saturated rings. The Labute approximate surface area is 164 Å². The number of hydrogen-bond donors (Lipinski definition) is 3. The van der Waals surface area contributed by atoms with E-state index in [-0.39, 0.29) is 18.2 Å². The van der Waals surface area contributed by atoms with E-state index in [4.69, 9.17) is 0 Å². The zero-order chi connectivity index (χ0) is 20.3. The number of carboxylic acid groups (broad SMARTS) is 1. The number of amides is 2. The first kappa shape index (κ1) is 20.2. The Kier molecular flexibility index (Phi) is 6.22. The number of aromatic nitrogens is 3. The van der Waals surface area contributed by atoms with Crippen LogP contribution in [0.3, 0.4) is 0 Å². The second kappa shape index (κ2) is 8.63. The fourth-order valence-electron chi connectivity index (χ4n) is 3.50. The molecule has 1 aliphatic carbocycles. The van der Waals surface area contributed by atoms with Gasteiger partial charge in [0.25, 0.3) is 6.43 Å². The maximum Gasteiger partial charge on any atom is 0.407 e. The summed E-state index contributed by atoms with van der Waals surface area (Å²) in [7, 11) is 0. The monoisotopic (exact) mass is 413 g/mol. The van der Waals surface area contributed by atoms with Crippen molar-refractivity contribution in [3.63, 3.8) is 0 Å². The first-order chi connectivity index (χ1) is 13.3. The molecule has 28 heavy (non-hydrogen) atoms. The average Bonchev–Trinajstić information content (AvgIpc) is 3.33. The van der Waals surface area contributed by atoms with Crippen LogP contribution in [0, 0.1) is 6.92 Å². The average molecular weight is 413 g/mol. The molecule has 2 unspecified atom stereocenters. The predicted octanol–water partition coefficient (Wildman–Crippen LogP) is 3.24. The minimum absolute atomic E-state index is 0.0215. The van der Waals surface area contributed by atoms with Crippen LogP contribution in [-0.2, 0) is 11.2 Å². The lowest BCUT2D eigenvalue weighted by molar-refractivity contribution is -0.115. The van der Waals surface area contributed by atoms with Gasteiger partial charge in [0.05, 0.1) is 18.0 Å². The smallest absolute Gasteiger partial charge is 0.407 e. The molecule has 0 spiro atoms. The Morgan fingerprint density at radius 3 is 2.89 bits per heavy atom. The molecule has 11 heteroatoms. The highest BCUT2D eigenvalue weighted by Gasteiger charge is 2.34. The zero-order valence-corrected chi connectivity index (χ0v) is 16.0. The number of halogens is 2. The highest BCUT2D eigenvalue weighted by molar-refractivity contribution is 7.11. The third kappa shape index (κ3) is 5.03. The summed E-state index contributed by atoms with van der Waals surface area (Å²) in [5.74, 6) is 0.152. The molecule has 0 aromatic carbocycles. The zero-order valence-electron chi connectivity index (χ0n) is 15.2. The number of thiazole rings is 1. The Morgan fingerprint density at radius 2 is 2.25 bits per heavy atom. The summed E-state index contributed by atoms with van der Waals surface area (Å²) in [5.41, 5.74) is 0.758. The lowest BCUT2D eigenvalue weighted by Gasteiger charge is -2.25. The molecule has 2 aromatic rings. The topological polar surface area (TPSA) is 111 Å². The lowest BCUT2D eigenvalue weighted by Crippen LogP contribution is -2.41. The van der Waals surface area contributed by atoms with Crippen LogP contribution in [0.5, 0.6) is 0 Å². The maximum absolute atomic E-state index is 12.6. The summed E-state index contributed by atoms with van der Waals surface area (Å²) < 4.78 is 25.3. The number of aromatic amines is 1. The molecule has 1 saturated carbocycles. The van der Waals surface area contributed by atoms with Crippen LogP contribution in [0.25, 0.3) is 0 Å². The summed E-state index contributed by atoms with van der Waals surface area (Å²) in [6.45, 7) is 1.09. The van der Waals surface area contributed by atoms with Gasteiger partial charge >= 0.3 is 6.09 Å². The van der Waals surface area contributed by atoms with Crippen molar-refractivity contribution < 1.29 is 23.5 Å². The van der Waals surface area contributed by atoms with Gasteiger partial charge in [-0.2, -0.15) is 5.10 Å². The third-order valence-corrected chi connectivity index (χ3v) is 5.65. The summed E-state index contributed by atoms with van der Waals surface area (Å²) in [6.07, 6.45) is -0.548. The summed E-state index contributed by atoms with van der Waals surface area (Å²) in [5, 5.41) is 19.7. The standard InChI is InChI=1S/C17H21F2N5O3S/c1-9-20-7-12(28-9)5-16(25)21-15-6-13(22-23-15)10-2-3-11(4-10)24(17(26)27)8-14(18)19/h6-7,10-11,14H,2-5,8H2,1H3,(H,26,27)(H2,21,22,23,25). The van der Waals surface area contributed by atoms with Gasteiger partial charge in [0.2, 0.25) is 5.91 Å². The molecule has 8 nitrogen and oxygen atoms in total. The van der Waals surface area contributed by atoms with Gasteiger partial charge in [-0.15, -0.1) is 11.3 Å². The Hall–Kier alpha value is -2.56. The summed E-state index contributed by atoms with van der Waals surface area (Å²) >= 11 is 1.46. The van der Waals surface area contributed by atoms with Crippen molar-refractivity contribution in [2.45, 2.75) is 51.0 Å². The molecule has 0 radical (unpaired) electrons. The fraction of sp³-hybridized carbons (Fsp3) is 0.529. The minimum Gasteiger partial charge on any atom is -0.465 e. The molecule has 2 amide bonds. The minimum atomic E-state index is -2.70. The van der Waals surface area contributed by atoms with E-state index in [1.807, 2.05) is 6.92 Å². The molecule has 3 N–H and O–H groups in total. The van der Waals surface area contributed by atoms with Gasteiger partial charge in [-0.1, -0.05) is 0 Å². The van der Waals surface area contributed by atoms with E-state index in [1.165, 1.54) is 11.3 Å². The van der Waals surface area contributed by atoms with Gasteiger partial charge < -0.3 is 10.4 Å². The van der Waals surface area contributed by atoms with Crippen LogP contribution in [-0.4, -0.2) is 56.2 Å². The second-order valence-corrected chi connectivity index (χ2v) is 8.09. The normalized spacial score (nSPS) is 19.1. The first-order valence-electron chi connectivity index (χ1n) is 8.86. The largest absolute Gasteiger partial charge is 0.465 e. The van der Waals surface area contributed by atoms with Gasteiger partial charge in [0.1, 0.15) is 0 Å². The van der Waals surface area contributed by atoms with Crippen LogP contribution in [0.4, 0.5) is 19.4 Å². The summed E-state index contributed by atoms with van der Waals surface area (Å²) in [6, 6.07) is 1.26. The number of H-pyrrole nitrogens is 1. The van der Waals surface area contributed by atoms with Crippen molar-refractivity contribution in [1.82, 2.24) is 20.1 Å². The SMILES string of the molecule is Cc1ncc(CC(=O)Nc2cc(C3CCC(N(CC(F)F)C(=O)O)C3)[nH]n2)s1. The molecular weight excluding hydrogens is 392 g/mol. The lowest BCUT2D eigenvalue weighted by atomic mass is 10.0. The molecule has 1 aliphatic rings. The number of nitrogens with one attached hydrogen (secondary N) is 2. The molecule has 0 aliphatic heterocycles. The third-order valence-electron chi connectivity index (χ3n) is 4.74. The van der Waals surface area contributed by atoms with Crippen LogP contribution >= 0.6 is 11.3 Å². The second-order valence-electron chi connectivity index (χ2n) is 6.77. The Morgan fingerprint density at radius 1 is 1.46 bits per heavy atom. The fourth-order valence-corrected chi connectivity index (χ4v) is 4.29. The van der Waals surface area contributed by atoms with Crippen molar-refractivity contribution in [3.8, 4) is 0 Å². The number of alkyl halides is 2. The molecule has 0 bridgehead atoms. The number of anilines is 1. The molecular formula is C17H21F2N5O3S. The number of hydrogen-bond acceptors (Lipinski definition) is 5. The van der Waals surface area contributed by atoms with Crippen LogP contribution in [0.1, 0.15) is 40.8 Å². The Balaban J connectivity index is 1.56. The molecule has 3 rings (SSSR count). The quantitative estimate of drug-likeness (QED) is 0.645. The van der Waals surface area contributed by atoms with Gasteiger partial charge in [0, 0.05) is 34.8 Å². The molecule has 2 atom stereocenters. The number of carbonyl (C=O) groups excluding carboxylic acids is 1. The summed E-state index contributed by atoms with van der Waals surface area (Å²) in [4.78, 5) is 29.2. The van der Waals surface area contributed by atoms with E-state index < -0.39 is 25.1 Å². The Bertz CT molecular complexity index is 840. The van der Waals surface area contributed by atoms with E-state index in [0.29, 0.717) is 25.1 Å². The highest BCUT2D eigenvalue weighted by atomic mass is 32.1. The predicted molar refractivity (Wildman–Crippen MR) is 98.9 cm³/mol. The first-order valence-corrected chi connectivity index (χ1v) is 9.67. The van der Waals surface area contributed by atoms with Crippen molar-refractivity contribution in [2.75, 3.05) is 11.9 Å². The van der Waals surface area contributed by atoms with Crippen molar-refractivity contribution in [3.05, 3.63) is 27.8 Å². The number of aryl methyl sites for hydroxylation is 1. The van der Waals surface area contributed by atoms with Crippen LogP contribution < -0.4 is 5.32 Å². The molecule has 0 saturated heterocycles. The van der Waals surface area contributed by atoms with Gasteiger partial charge in [0.15, 0.2) is 5.82 Å². The van der Waals surface area contributed by atoms with Crippen LogP contribution in [0.2, 0.25) is 0 Å². The number of carbonyl (C=O) groups is 2. The van der Waals surface area contributed by atoms with E-state index >= 15 is 0 Å². The van der Waals surface area contributed by atoms with Crippen molar-refractivity contribution in [1.29, 1.82) is 0 Å². The number of rotatable bonds is 7. The van der Waals surface area contributed by atoms with Gasteiger partial charge in [-0.3, -0.25) is 14.8 Å². The molecule has 152 valence electrons. The molecule has 2 heterocycles. The van der Waals surface area contributed by atoms with E-state index in [1.54, 1.807) is 12.3 Å². The highest BCUT2D eigenvalue weighted by Crippen LogP contribution is 2.37. The van der Waals surface area contributed by atoms with Gasteiger partial charge in [-0.25, -0.2) is 18.6 Å². The van der Waals surface area contributed by atoms with E-state index in [2.05, 4.69) is 20.5 Å². The van der Waals surface area contributed by atoms with Crippen molar-refractivity contribution in [2.24, 2.45) is 0 Å². The number of nitrogens with zero attached hydrogens (tertiary/aromatic N) is 3.